The lowest BCUT2D eigenvalue weighted by Gasteiger charge is -2.10. The fraction of sp³-hybridized carbons (Fsp3) is 0.294. The summed E-state index contributed by atoms with van der Waals surface area (Å²) in [6.45, 7) is 0. The lowest BCUT2D eigenvalue weighted by Crippen LogP contribution is -2.03. The number of benzene rings is 2. The highest BCUT2D eigenvalue weighted by Gasteiger charge is 2.06. The molecule has 2 rings (SSSR count). The molecule has 19 heavy (non-hydrogen) atoms. The highest BCUT2D eigenvalue weighted by Crippen LogP contribution is 2.17. The minimum Gasteiger partial charge on any atom is -0.207 e. The lowest BCUT2D eigenvalue weighted by molar-refractivity contribution is 0.626. The molecule has 0 aliphatic heterocycles. The van der Waals surface area contributed by atoms with Crippen LogP contribution in [0.5, 0.6) is 0 Å². The van der Waals surface area contributed by atoms with Gasteiger partial charge >= 0.3 is 0 Å². The minimum absolute atomic E-state index is 0.168. The Balaban J connectivity index is 1.73. The molecule has 0 radical (unpaired) electrons. The van der Waals surface area contributed by atoms with Crippen molar-refractivity contribution in [3.63, 3.8) is 0 Å². The largest absolute Gasteiger partial charge is 0.207 e. The number of aryl methyl sites for hydroxylation is 1. The van der Waals surface area contributed by atoms with Gasteiger partial charge in [-0.15, -0.1) is 0 Å². The van der Waals surface area contributed by atoms with Crippen LogP contribution >= 0.6 is 15.9 Å². The molecule has 0 heterocycles. The molecule has 2 aromatic rings. The maximum absolute atomic E-state index is 12.8. The van der Waals surface area contributed by atoms with Gasteiger partial charge < -0.3 is 0 Å². The Bertz CT molecular complexity index is 478. The Kier molecular flexibility index (Phi) is 5.59. The Hall–Kier alpha value is -1.15. The van der Waals surface area contributed by atoms with Crippen molar-refractivity contribution in [1.82, 2.24) is 0 Å². The van der Waals surface area contributed by atoms with Crippen LogP contribution < -0.4 is 0 Å². The van der Waals surface area contributed by atoms with Crippen LogP contribution in [0.3, 0.4) is 0 Å². The van der Waals surface area contributed by atoms with Gasteiger partial charge in [-0.1, -0.05) is 58.4 Å². The zero-order valence-corrected chi connectivity index (χ0v) is 12.4. The molecular weight excluding hydrogens is 303 g/mol. The van der Waals surface area contributed by atoms with E-state index in [1.54, 1.807) is 0 Å². The van der Waals surface area contributed by atoms with Gasteiger partial charge in [-0.05, 0) is 48.9 Å². The van der Waals surface area contributed by atoms with Gasteiger partial charge in [0.15, 0.2) is 0 Å². The van der Waals surface area contributed by atoms with E-state index >= 15 is 0 Å². The van der Waals surface area contributed by atoms with Gasteiger partial charge in [0.2, 0.25) is 0 Å². The predicted molar refractivity (Wildman–Crippen MR) is 82.2 cm³/mol. The van der Waals surface area contributed by atoms with E-state index in [1.165, 1.54) is 29.7 Å². The molecule has 1 atom stereocenters. The van der Waals surface area contributed by atoms with Gasteiger partial charge in [0.05, 0.1) is 0 Å². The summed E-state index contributed by atoms with van der Waals surface area (Å²) in [4.78, 5) is 0.460. The van der Waals surface area contributed by atoms with Gasteiger partial charge in [-0.2, -0.15) is 0 Å². The summed E-state index contributed by atoms with van der Waals surface area (Å²) < 4.78 is 12.8. The summed E-state index contributed by atoms with van der Waals surface area (Å²) in [5.41, 5.74) is 2.58. The van der Waals surface area contributed by atoms with Crippen LogP contribution in [0.2, 0.25) is 0 Å². The Labute approximate surface area is 122 Å². The van der Waals surface area contributed by atoms with Crippen LogP contribution in [-0.2, 0) is 12.8 Å². The van der Waals surface area contributed by atoms with Crippen molar-refractivity contribution in [1.29, 1.82) is 0 Å². The van der Waals surface area contributed by atoms with Crippen molar-refractivity contribution >= 4 is 15.9 Å². The topological polar surface area (TPSA) is 0 Å². The first-order chi connectivity index (χ1) is 9.24. The second-order valence-corrected chi connectivity index (χ2v) is 6.10. The Morgan fingerprint density at radius 2 is 1.58 bits per heavy atom. The molecule has 0 nitrogen and oxygen atoms in total. The first-order valence-corrected chi connectivity index (χ1v) is 7.58. The standard InChI is InChI=1S/C17H18BrF/c18-16(13-15-9-11-17(19)12-10-15)8-4-7-14-5-2-1-3-6-14/h1-3,5-6,9-12,16H,4,7-8,13H2. The fourth-order valence-electron chi connectivity index (χ4n) is 2.15. The van der Waals surface area contributed by atoms with Crippen LogP contribution in [0.4, 0.5) is 4.39 Å². The van der Waals surface area contributed by atoms with Crippen LogP contribution in [0.15, 0.2) is 54.6 Å². The number of alkyl halides is 1. The normalized spacial score (nSPS) is 12.3. The quantitative estimate of drug-likeness (QED) is 0.645. The van der Waals surface area contributed by atoms with Crippen molar-refractivity contribution < 1.29 is 4.39 Å². The van der Waals surface area contributed by atoms with E-state index in [0.717, 1.165) is 19.3 Å². The van der Waals surface area contributed by atoms with Crippen LogP contribution in [0.25, 0.3) is 0 Å². The number of halogens is 2. The summed E-state index contributed by atoms with van der Waals surface area (Å²) >= 11 is 3.71. The zero-order valence-electron chi connectivity index (χ0n) is 10.9. The maximum atomic E-state index is 12.8. The molecule has 0 amide bonds. The van der Waals surface area contributed by atoms with E-state index in [2.05, 4.69) is 40.2 Å². The molecule has 0 bridgehead atoms. The summed E-state index contributed by atoms with van der Waals surface area (Å²) in [5.74, 6) is -0.168. The van der Waals surface area contributed by atoms with Crippen molar-refractivity contribution in [2.24, 2.45) is 0 Å². The SMILES string of the molecule is Fc1ccc(CC(Br)CCCc2ccccc2)cc1. The molecule has 0 saturated heterocycles. The van der Waals surface area contributed by atoms with Gasteiger partial charge in [0.25, 0.3) is 0 Å². The summed E-state index contributed by atoms with van der Waals surface area (Å²) in [5, 5.41) is 0. The van der Waals surface area contributed by atoms with E-state index in [-0.39, 0.29) is 5.82 Å². The molecule has 0 fully saturated rings. The molecule has 100 valence electrons. The van der Waals surface area contributed by atoms with Gasteiger partial charge in [-0.3, -0.25) is 0 Å². The molecule has 0 spiro atoms. The maximum Gasteiger partial charge on any atom is 0.123 e. The third kappa shape index (κ3) is 5.15. The smallest absolute Gasteiger partial charge is 0.123 e. The highest BCUT2D eigenvalue weighted by atomic mass is 79.9. The number of rotatable bonds is 6. The third-order valence-electron chi connectivity index (χ3n) is 3.20. The minimum atomic E-state index is -0.168. The molecule has 2 aromatic carbocycles. The predicted octanol–water partition coefficient (Wildman–Crippen LogP) is 5.15. The van der Waals surface area contributed by atoms with Crippen molar-refractivity contribution in [2.75, 3.05) is 0 Å². The van der Waals surface area contributed by atoms with Crippen LogP contribution in [0.1, 0.15) is 24.0 Å². The van der Waals surface area contributed by atoms with E-state index in [0.29, 0.717) is 4.83 Å². The lowest BCUT2D eigenvalue weighted by atomic mass is 10.0. The molecule has 0 saturated carbocycles. The summed E-state index contributed by atoms with van der Waals surface area (Å²) in [7, 11) is 0. The number of hydrogen-bond acceptors (Lipinski definition) is 0. The van der Waals surface area contributed by atoms with E-state index in [9.17, 15) is 4.39 Å². The Morgan fingerprint density at radius 3 is 2.26 bits per heavy atom. The average Bonchev–Trinajstić information content (AvgIpc) is 2.43. The third-order valence-corrected chi connectivity index (χ3v) is 3.98. The molecule has 0 aliphatic carbocycles. The van der Waals surface area contributed by atoms with E-state index < -0.39 is 0 Å². The van der Waals surface area contributed by atoms with Gasteiger partial charge in [-0.25, -0.2) is 4.39 Å². The molecule has 0 aliphatic rings. The van der Waals surface area contributed by atoms with E-state index in [4.69, 9.17) is 0 Å². The molecule has 0 aromatic heterocycles. The van der Waals surface area contributed by atoms with Gasteiger partial charge in [0.1, 0.15) is 5.82 Å². The van der Waals surface area contributed by atoms with Crippen molar-refractivity contribution in [3.8, 4) is 0 Å². The zero-order chi connectivity index (χ0) is 13.5. The van der Waals surface area contributed by atoms with Crippen LogP contribution in [0, 0.1) is 5.82 Å². The molecule has 2 heteroatoms. The number of hydrogen-bond donors (Lipinski definition) is 0. The van der Waals surface area contributed by atoms with E-state index in [1.807, 2.05) is 18.2 Å². The second kappa shape index (κ2) is 7.44. The van der Waals surface area contributed by atoms with Gasteiger partial charge in [0, 0.05) is 4.83 Å². The second-order valence-electron chi connectivity index (χ2n) is 4.81. The van der Waals surface area contributed by atoms with Crippen LogP contribution in [-0.4, -0.2) is 4.83 Å². The molecule has 1 unspecified atom stereocenters. The molecular formula is C17H18BrF. The summed E-state index contributed by atoms with van der Waals surface area (Å²) in [6, 6.07) is 17.3. The summed E-state index contributed by atoms with van der Waals surface area (Å²) in [6.07, 6.45) is 4.37. The average molecular weight is 321 g/mol. The molecule has 0 N–H and O–H groups in total. The monoisotopic (exact) mass is 320 g/mol. The van der Waals surface area contributed by atoms with Crippen molar-refractivity contribution in [3.05, 3.63) is 71.5 Å². The first-order valence-electron chi connectivity index (χ1n) is 6.66. The highest BCUT2D eigenvalue weighted by molar-refractivity contribution is 9.09. The Morgan fingerprint density at radius 1 is 0.895 bits per heavy atom. The van der Waals surface area contributed by atoms with Crippen molar-refractivity contribution in [2.45, 2.75) is 30.5 Å². The first kappa shape index (κ1) is 14.3. The fourth-order valence-corrected chi connectivity index (χ4v) is 2.85.